The zero-order chi connectivity index (χ0) is 24.4. The Labute approximate surface area is 182 Å². The summed E-state index contributed by atoms with van der Waals surface area (Å²) < 4.78 is 82.0. The highest BCUT2D eigenvalue weighted by molar-refractivity contribution is 5.98. The largest absolute Gasteiger partial charge is 0.452 e. The number of halogens is 6. The molecule has 1 saturated carbocycles. The van der Waals surface area contributed by atoms with Crippen LogP contribution in [0.1, 0.15) is 44.7 Å². The molecule has 6 nitrogen and oxygen atoms in total. The molecule has 0 unspecified atom stereocenters. The number of carbonyl (C=O) groups is 3. The van der Waals surface area contributed by atoms with Gasteiger partial charge in [-0.3, -0.25) is 9.59 Å². The first-order valence-corrected chi connectivity index (χ1v) is 9.50. The number of hydrogen-bond acceptors (Lipinski definition) is 4. The van der Waals surface area contributed by atoms with Gasteiger partial charge in [-0.15, -0.1) is 0 Å². The number of hydrogen-bond donors (Lipinski definition) is 2. The predicted octanol–water partition coefficient (Wildman–Crippen LogP) is 4.41. The number of benzene rings is 2. The molecule has 2 N–H and O–H groups in total. The lowest BCUT2D eigenvalue weighted by atomic mass is 10.0. The topological polar surface area (TPSA) is 84.5 Å². The van der Waals surface area contributed by atoms with Crippen molar-refractivity contribution in [2.24, 2.45) is 0 Å². The molecule has 12 heteroatoms. The quantitative estimate of drug-likeness (QED) is 0.480. The molecule has 0 radical (unpaired) electrons. The summed E-state index contributed by atoms with van der Waals surface area (Å²) in [6.45, 7) is -0.977. The number of nitrogens with one attached hydrogen (secondary N) is 2. The molecule has 2 amide bonds. The SMILES string of the molecule is O=C(COC(=O)c1cc(C(F)(F)F)cc(C(F)(F)F)c1)Nc1cccc(C(=O)NC2CC2)c1. The minimum Gasteiger partial charge on any atom is -0.452 e. The highest BCUT2D eigenvalue weighted by Gasteiger charge is 2.37. The molecule has 0 atom stereocenters. The molecule has 176 valence electrons. The number of rotatable bonds is 6. The fraction of sp³-hybridized carbons (Fsp3) is 0.286. The van der Waals surface area contributed by atoms with Crippen LogP contribution in [0.25, 0.3) is 0 Å². The van der Waals surface area contributed by atoms with Crippen LogP contribution in [-0.2, 0) is 21.9 Å². The van der Waals surface area contributed by atoms with Crippen LogP contribution in [0.15, 0.2) is 42.5 Å². The minimum atomic E-state index is -5.13. The van der Waals surface area contributed by atoms with E-state index >= 15 is 0 Å². The van der Waals surface area contributed by atoms with E-state index in [0.29, 0.717) is 0 Å². The number of carbonyl (C=O) groups excluding carboxylic acids is 3. The van der Waals surface area contributed by atoms with Gasteiger partial charge in [0.2, 0.25) is 0 Å². The van der Waals surface area contributed by atoms with Crippen LogP contribution in [-0.4, -0.2) is 30.4 Å². The molecule has 1 aliphatic carbocycles. The minimum absolute atomic E-state index is 0.115. The van der Waals surface area contributed by atoms with E-state index in [2.05, 4.69) is 15.4 Å². The fourth-order valence-electron chi connectivity index (χ4n) is 2.72. The Kier molecular flexibility index (Phi) is 6.65. The maximum Gasteiger partial charge on any atom is 0.416 e. The molecule has 33 heavy (non-hydrogen) atoms. The second-order valence-corrected chi connectivity index (χ2v) is 7.25. The molecule has 0 aromatic heterocycles. The van der Waals surface area contributed by atoms with Gasteiger partial charge in [0.05, 0.1) is 16.7 Å². The van der Waals surface area contributed by atoms with E-state index in [-0.39, 0.29) is 41.4 Å². The average Bonchev–Trinajstić information content (AvgIpc) is 3.54. The summed E-state index contributed by atoms with van der Waals surface area (Å²) in [7, 11) is 0. The van der Waals surface area contributed by atoms with Crippen LogP contribution >= 0.6 is 0 Å². The molecule has 0 heterocycles. The molecule has 1 aliphatic rings. The Morgan fingerprint density at radius 1 is 0.879 bits per heavy atom. The van der Waals surface area contributed by atoms with E-state index in [9.17, 15) is 40.7 Å². The first-order chi connectivity index (χ1) is 15.3. The number of anilines is 1. The van der Waals surface area contributed by atoms with Crippen molar-refractivity contribution in [3.8, 4) is 0 Å². The average molecular weight is 474 g/mol. The highest BCUT2D eigenvalue weighted by atomic mass is 19.4. The number of ether oxygens (including phenoxy) is 1. The van der Waals surface area contributed by atoms with E-state index < -0.39 is 47.5 Å². The molecular weight excluding hydrogens is 458 g/mol. The first kappa shape index (κ1) is 24.1. The Bertz CT molecular complexity index is 1040. The van der Waals surface area contributed by atoms with E-state index in [0.717, 1.165) is 12.8 Å². The van der Waals surface area contributed by atoms with E-state index in [1.54, 1.807) is 0 Å². The zero-order valence-corrected chi connectivity index (χ0v) is 16.6. The van der Waals surface area contributed by atoms with Gasteiger partial charge in [0.25, 0.3) is 11.8 Å². The van der Waals surface area contributed by atoms with E-state index in [1.807, 2.05) is 0 Å². The van der Waals surface area contributed by atoms with Gasteiger partial charge in [0.15, 0.2) is 6.61 Å². The summed E-state index contributed by atoms with van der Waals surface area (Å²) in [5.74, 6) is -2.80. The van der Waals surface area contributed by atoms with Gasteiger partial charge < -0.3 is 15.4 Å². The van der Waals surface area contributed by atoms with E-state index in [1.165, 1.54) is 24.3 Å². The van der Waals surface area contributed by atoms with Crippen molar-refractivity contribution in [2.45, 2.75) is 31.2 Å². The van der Waals surface area contributed by atoms with Crippen LogP contribution in [0.2, 0.25) is 0 Å². The van der Waals surface area contributed by atoms with Crippen LogP contribution in [0, 0.1) is 0 Å². The van der Waals surface area contributed by atoms with Crippen molar-refractivity contribution in [3.05, 3.63) is 64.7 Å². The van der Waals surface area contributed by atoms with Crippen LogP contribution < -0.4 is 10.6 Å². The zero-order valence-electron chi connectivity index (χ0n) is 16.6. The molecule has 1 fully saturated rings. The fourth-order valence-corrected chi connectivity index (χ4v) is 2.72. The smallest absolute Gasteiger partial charge is 0.416 e. The Morgan fingerprint density at radius 3 is 2.03 bits per heavy atom. The van der Waals surface area contributed by atoms with Gasteiger partial charge >= 0.3 is 18.3 Å². The van der Waals surface area contributed by atoms with E-state index in [4.69, 9.17) is 0 Å². The summed E-state index contributed by atoms with van der Waals surface area (Å²) in [5.41, 5.74) is -3.94. The Morgan fingerprint density at radius 2 is 1.48 bits per heavy atom. The van der Waals surface area contributed by atoms with Crippen molar-refractivity contribution in [1.82, 2.24) is 5.32 Å². The molecule has 0 aliphatic heterocycles. The lowest BCUT2D eigenvalue weighted by Gasteiger charge is -2.14. The molecule has 0 spiro atoms. The first-order valence-electron chi connectivity index (χ1n) is 9.50. The molecule has 0 saturated heterocycles. The predicted molar refractivity (Wildman–Crippen MR) is 102 cm³/mol. The van der Waals surface area contributed by atoms with Crippen molar-refractivity contribution in [2.75, 3.05) is 11.9 Å². The van der Waals surface area contributed by atoms with Crippen molar-refractivity contribution in [1.29, 1.82) is 0 Å². The van der Waals surface area contributed by atoms with Crippen LogP contribution in [0.5, 0.6) is 0 Å². The highest BCUT2D eigenvalue weighted by Crippen LogP contribution is 2.36. The third-order valence-corrected chi connectivity index (χ3v) is 4.48. The second kappa shape index (κ2) is 9.12. The van der Waals surface area contributed by atoms with Crippen molar-refractivity contribution < 1.29 is 45.5 Å². The van der Waals surface area contributed by atoms with Gasteiger partial charge in [-0.25, -0.2) is 4.79 Å². The summed E-state index contributed by atoms with van der Waals surface area (Å²) in [5, 5.41) is 5.09. The molecule has 2 aromatic carbocycles. The third kappa shape index (κ3) is 6.70. The summed E-state index contributed by atoms with van der Waals surface area (Å²) in [4.78, 5) is 36.1. The Balaban J connectivity index is 1.65. The normalized spacial score (nSPS) is 13.9. The summed E-state index contributed by atoms with van der Waals surface area (Å²) >= 11 is 0. The number of alkyl halides is 6. The lowest BCUT2D eigenvalue weighted by Crippen LogP contribution is -2.25. The summed E-state index contributed by atoms with van der Waals surface area (Å²) in [6, 6.07) is 6.20. The maximum atomic E-state index is 12.9. The van der Waals surface area contributed by atoms with Gasteiger partial charge in [-0.1, -0.05) is 6.07 Å². The lowest BCUT2D eigenvalue weighted by molar-refractivity contribution is -0.143. The Hall–Kier alpha value is -3.57. The molecule has 0 bridgehead atoms. The maximum absolute atomic E-state index is 12.9. The van der Waals surface area contributed by atoms with Gasteiger partial charge in [0.1, 0.15) is 0 Å². The van der Waals surface area contributed by atoms with Crippen molar-refractivity contribution >= 4 is 23.5 Å². The standard InChI is InChI=1S/C21H16F6N2O4/c22-20(23,24)13-6-12(7-14(9-13)21(25,26)27)19(32)33-10-17(30)28-16-3-1-2-11(8-16)18(31)29-15-4-5-15/h1-3,6-9,15H,4-5,10H2,(H,28,30)(H,29,31). The number of amides is 2. The van der Waals surface area contributed by atoms with Crippen LogP contribution in [0.3, 0.4) is 0 Å². The monoisotopic (exact) mass is 474 g/mol. The van der Waals surface area contributed by atoms with Crippen LogP contribution in [0.4, 0.5) is 32.0 Å². The molecular formula is C21H16F6N2O4. The number of esters is 1. The van der Waals surface area contributed by atoms with Gasteiger partial charge in [-0.2, -0.15) is 26.3 Å². The van der Waals surface area contributed by atoms with Gasteiger partial charge in [0, 0.05) is 17.3 Å². The van der Waals surface area contributed by atoms with Gasteiger partial charge in [-0.05, 0) is 49.2 Å². The third-order valence-electron chi connectivity index (χ3n) is 4.48. The van der Waals surface area contributed by atoms with Crippen molar-refractivity contribution in [3.63, 3.8) is 0 Å². The summed E-state index contributed by atoms with van der Waals surface area (Å²) in [6.07, 6.45) is -8.51. The molecule has 2 aromatic rings. The molecule has 3 rings (SSSR count). The second-order valence-electron chi connectivity index (χ2n) is 7.25.